The standard InChI is InChI=1S/C27H24N2O3/c1-29(18-10-15-22-19-25(28-32-22)20-11-4-2-5-12-20)27(31)24-17-9-8-16-23(24)26(30)21-13-6-3-7-14-21/h2-9,11-14,16-17,19H,10,15,18H2,1H3. The normalized spacial score (nSPS) is 10.7. The van der Waals surface area contributed by atoms with Gasteiger partial charge in [-0.1, -0.05) is 84.0 Å². The highest BCUT2D eigenvalue weighted by Gasteiger charge is 2.20. The maximum absolute atomic E-state index is 13.1. The van der Waals surface area contributed by atoms with Gasteiger partial charge in [-0.2, -0.15) is 0 Å². The summed E-state index contributed by atoms with van der Waals surface area (Å²) >= 11 is 0. The van der Waals surface area contributed by atoms with E-state index in [0.717, 1.165) is 23.4 Å². The highest BCUT2D eigenvalue weighted by molar-refractivity contribution is 6.15. The molecule has 5 heteroatoms. The van der Waals surface area contributed by atoms with E-state index in [1.165, 1.54) is 0 Å². The first kappa shape index (κ1) is 21.2. The van der Waals surface area contributed by atoms with Crippen molar-refractivity contribution in [3.8, 4) is 11.3 Å². The summed E-state index contributed by atoms with van der Waals surface area (Å²) in [7, 11) is 1.75. The van der Waals surface area contributed by atoms with Crippen LogP contribution in [0.1, 0.15) is 38.5 Å². The Bertz CT molecular complexity index is 1200. The zero-order chi connectivity index (χ0) is 22.3. The molecule has 4 rings (SSSR count). The van der Waals surface area contributed by atoms with Gasteiger partial charge < -0.3 is 9.42 Å². The molecule has 1 aromatic heterocycles. The lowest BCUT2D eigenvalue weighted by molar-refractivity contribution is 0.0788. The van der Waals surface area contributed by atoms with Gasteiger partial charge in [-0.25, -0.2) is 0 Å². The number of benzene rings is 3. The molecular formula is C27H24N2O3. The Labute approximate surface area is 187 Å². The average molecular weight is 425 g/mol. The van der Waals surface area contributed by atoms with E-state index < -0.39 is 0 Å². The lowest BCUT2D eigenvalue weighted by Gasteiger charge is -2.18. The third-order valence-electron chi connectivity index (χ3n) is 5.33. The Kier molecular flexibility index (Phi) is 6.56. The Hall–Kier alpha value is -3.99. The molecule has 0 aliphatic heterocycles. The molecule has 0 aliphatic rings. The summed E-state index contributed by atoms with van der Waals surface area (Å²) in [5.41, 5.74) is 3.20. The van der Waals surface area contributed by atoms with Crippen molar-refractivity contribution in [3.63, 3.8) is 0 Å². The smallest absolute Gasteiger partial charge is 0.254 e. The van der Waals surface area contributed by atoms with Crippen LogP contribution in [0.15, 0.2) is 95.5 Å². The summed E-state index contributed by atoms with van der Waals surface area (Å²) in [6.07, 6.45) is 1.39. The molecule has 0 spiro atoms. The van der Waals surface area contributed by atoms with Crippen LogP contribution in [0.5, 0.6) is 0 Å². The maximum atomic E-state index is 13.1. The monoisotopic (exact) mass is 424 g/mol. The zero-order valence-electron chi connectivity index (χ0n) is 17.9. The van der Waals surface area contributed by atoms with Crippen molar-refractivity contribution in [1.29, 1.82) is 0 Å². The Morgan fingerprint density at radius 3 is 2.19 bits per heavy atom. The van der Waals surface area contributed by atoms with Crippen molar-refractivity contribution in [2.75, 3.05) is 13.6 Å². The summed E-state index contributed by atoms with van der Waals surface area (Å²) in [5, 5.41) is 4.13. The summed E-state index contributed by atoms with van der Waals surface area (Å²) in [6.45, 7) is 0.536. The van der Waals surface area contributed by atoms with Gasteiger partial charge in [-0.15, -0.1) is 0 Å². The van der Waals surface area contributed by atoms with Crippen molar-refractivity contribution in [1.82, 2.24) is 10.1 Å². The van der Waals surface area contributed by atoms with Crippen molar-refractivity contribution < 1.29 is 14.1 Å². The van der Waals surface area contributed by atoms with Crippen molar-refractivity contribution >= 4 is 11.7 Å². The number of hydrogen-bond donors (Lipinski definition) is 0. The molecule has 0 saturated heterocycles. The van der Waals surface area contributed by atoms with E-state index in [-0.39, 0.29) is 11.7 Å². The number of ketones is 1. The van der Waals surface area contributed by atoms with Gasteiger partial charge in [0.2, 0.25) is 0 Å². The van der Waals surface area contributed by atoms with E-state index in [0.29, 0.717) is 29.7 Å². The van der Waals surface area contributed by atoms with E-state index in [1.54, 1.807) is 48.3 Å². The number of aryl methyl sites for hydroxylation is 1. The third kappa shape index (κ3) is 4.83. The van der Waals surface area contributed by atoms with Crippen LogP contribution in [0.4, 0.5) is 0 Å². The molecule has 32 heavy (non-hydrogen) atoms. The molecule has 0 atom stereocenters. The lowest BCUT2D eigenvalue weighted by atomic mass is 9.97. The third-order valence-corrected chi connectivity index (χ3v) is 5.33. The summed E-state index contributed by atoms with van der Waals surface area (Å²) in [5.74, 6) is 0.454. The van der Waals surface area contributed by atoms with Crippen LogP contribution in [-0.2, 0) is 6.42 Å². The number of aromatic nitrogens is 1. The number of hydrogen-bond acceptors (Lipinski definition) is 4. The van der Waals surface area contributed by atoms with E-state index in [9.17, 15) is 9.59 Å². The van der Waals surface area contributed by atoms with Crippen LogP contribution in [0.2, 0.25) is 0 Å². The van der Waals surface area contributed by atoms with Crippen LogP contribution < -0.4 is 0 Å². The molecule has 0 unspecified atom stereocenters. The van der Waals surface area contributed by atoms with Gasteiger partial charge in [-0.05, 0) is 12.5 Å². The van der Waals surface area contributed by atoms with E-state index >= 15 is 0 Å². The molecule has 5 nitrogen and oxygen atoms in total. The van der Waals surface area contributed by atoms with Gasteiger partial charge in [0, 0.05) is 42.8 Å². The first-order valence-electron chi connectivity index (χ1n) is 10.6. The first-order chi connectivity index (χ1) is 15.6. The zero-order valence-corrected chi connectivity index (χ0v) is 17.9. The number of rotatable bonds is 8. The fourth-order valence-corrected chi connectivity index (χ4v) is 3.59. The summed E-state index contributed by atoms with van der Waals surface area (Å²) < 4.78 is 5.45. The molecule has 1 heterocycles. The van der Waals surface area contributed by atoms with Crippen molar-refractivity contribution in [2.45, 2.75) is 12.8 Å². The van der Waals surface area contributed by atoms with Crippen molar-refractivity contribution in [2.24, 2.45) is 0 Å². The molecule has 0 fully saturated rings. The number of amides is 1. The molecule has 0 aliphatic carbocycles. The predicted octanol–water partition coefficient (Wildman–Crippen LogP) is 5.28. The van der Waals surface area contributed by atoms with Gasteiger partial charge >= 0.3 is 0 Å². The number of carbonyl (C=O) groups is 2. The minimum absolute atomic E-state index is 0.155. The van der Waals surface area contributed by atoms with Crippen LogP contribution in [-0.4, -0.2) is 35.3 Å². The van der Waals surface area contributed by atoms with E-state index in [2.05, 4.69) is 5.16 Å². The molecule has 4 aromatic rings. The summed E-state index contributed by atoms with van der Waals surface area (Å²) in [6, 6.07) is 27.8. The quantitative estimate of drug-likeness (QED) is 0.361. The Balaban J connectivity index is 1.39. The van der Waals surface area contributed by atoms with Crippen LogP contribution in [0.3, 0.4) is 0 Å². The molecule has 160 valence electrons. The van der Waals surface area contributed by atoms with Gasteiger partial charge in [-0.3, -0.25) is 9.59 Å². The molecule has 0 N–H and O–H groups in total. The summed E-state index contributed by atoms with van der Waals surface area (Å²) in [4.78, 5) is 27.6. The van der Waals surface area contributed by atoms with Gasteiger partial charge in [0.15, 0.2) is 5.78 Å². The molecule has 0 saturated carbocycles. The van der Waals surface area contributed by atoms with E-state index in [4.69, 9.17) is 4.52 Å². The highest BCUT2D eigenvalue weighted by Crippen LogP contribution is 2.20. The largest absolute Gasteiger partial charge is 0.361 e. The Morgan fingerprint density at radius 2 is 1.47 bits per heavy atom. The fraction of sp³-hybridized carbons (Fsp3) is 0.148. The highest BCUT2D eigenvalue weighted by atomic mass is 16.5. The van der Waals surface area contributed by atoms with Crippen LogP contribution >= 0.6 is 0 Å². The minimum Gasteiger partial charge on any atom is -0.361 e. The molecule has 0 radical (unpaired) electrons. The second-order valence-corrected chi connectivity index (χ2v) is 7.62. The van der Waals surface area contributed by atoms with Crippen LogP contribution in [0, 0.1) is 0 Å². The second-order valence-electron chi connectivity index (χ2n) is 7.62. The van der Waals surface area contributed by atoms with Crippen LogP contribution in [0.25, 0.3) is 11.3 Å². The number of carbonyl (C=O) groups excluding carboxylic acids is 2. The van der Waals surface area contributed by atoms with E-state index in [1.807, 2.05) is 54.6 Å². The molecular weight excluding hydrogens is 400 g/mol. The fourth-order valence-electron chi connectivity index (χ4n) is 3.59. The lowest BCUT2D eigenvalue weighted by Crippen LogP contribution is -2.29. The number of nitrogens with zero attached hydrogens (tertiary/aromatic N) is 2. The second kappa shape index (κ2) is 9.88. The average Bonchev–Trinajstić information content (AvgIpc) is 3.33. The predicted molar refractivity (Wildman–Crippen MR) is 124 cm³/mol. The van der Waals surface area contributed by atoms with Gasteiger partial charge in [0.1, 0.15) is 11.5 Å². The molecule has 0 bridgehead atoms. The Morgan fingerprint density at radius 1 is 0.844 bits per heavy atom. The maximum Gasteiger partial charge on any atom is 0.254 e. The molecule has 1 amide bonds. The van der Waals surface area contributed by atoms with Gasteiger partial charge in [0.25, 0.3) is 5.91 Å². The minimum atomic E-state index is -0.174. The van der Waals surface area contributed by atoms with Crippen molar-refractivity contribution in [3.05, 3.63) is 113 Å². The first-order valence-corrected chi connectivity index (χ1v) is 10.6. The SMILES string of the molecule is CN(CCCc1cc(-c2ccccc2)no1)C(=O)c1ccccc1C(=O)c1ccccc1. The topological polar surface area (TPSA) is 63.4 Å². The molecule has 3 aromatic carbocycles. The van der Waals surface area contributed by atoms with Gasteiger partial charge in [0.05, 0.1) is 5.56 Å².